The van der Waals surface area contributed by atoms with E-state index in [1.165, 1.54) is 44.9 Å². The van der Waals surface area contributed by atoms with Crippen LogP contribution in [0.1, 0.15) is 79.6 Å². The van der Waals surface area contributed by atoms with E-state index in [9.17, 15) is 0 Å². The summed E-state index contributed by atoms with van der Waals surface area (Å²) in [5.74, 6) is 2.77. The Hall–Kier alpha value is 0. The van der Waals surface area contributed by atoms with Crippen molar-refractivity contribution in [3.05, 3.63) is 0 Å². The lowest BCUT2D eigenvalue weighted by atomic mass is 9.81. The molecule has 2 atom stereocenters. The molecule has 0 amide bonds. The van der Waals surface area contributed by atoms with Crippen LogP contribution >= 0.6 is 0 Å². The van der Waals surface area contributed by atoms with E-state index in [1.807, 2.05) is 0 Å². The van der Waals surface area contributed by atoms with Crippen LogP contribution in [-0.2, 0) is 0 Å². The van der Waals surface area contributed by atoms with Crippen molar-refractivity contribution in [3.63, 3.8) is 0 Å². The summed E-state index contributed by atoms with van der Waals surface area (Å²) in [7, 11) is 0. The van der Waals surface area contributed by atoms with Gasteiger partial charge in [-0.2, -0.15) is 0 Å². The van der Waals surface area contributed by atoms with E-state index in [1.54, 1.807) is 0 Å². The van der Waals surface area contributed by atoms with Crippen molar-refractivity contribution >= 4 is 0 Å². The molecule has 0 saturated heterocycles. The van der Waals surface area contributed by atoms with Crippen LogP contribution in [0.2, 0.25) is 0 Å². The molecule has 0 aliphatic rings. The van der Waals surface area contributed by atoms with E-state index in [0.717, 1.165) is 17.8 Å². The molecule has 0 fully saturated rings. The summed E-state index contributed by atoms with van der Waals surface area (Å²) in [6.45, 7) is 11.8. The van der Waals surface area contributed by atoms with Gasteiger partial charge in [-0.05, 0) is 24.2 Å². The second-order valence-electron chi connectivity index (χ2n) is 5.62. The molecular formula is C15H32. The molecule has 0 heterocycles. The van der Waals surface area contributed by atoms with E-state index in [-0.39, 0.29) is 0 Å². The third-order valence-electron chi connectivity index (χ3n) is 3.65. The molecule has 0 aliphatic carbocycles. The van der Waals surface area contributed by atoms with Gasteiger partial charge in [0.15, 0.2) is 0 Å². The highest BCUT2D eigenvalue weighted by atomic mass is 14.2. The van der Waals surface area contributed by atoms with Crippen molar-refractivity contribution in [1.29, 1.82) is 0 Å². The van der Waals surface area contributed by atoms with Crippen molar-refractivity contribution < 1.29 is 0 Å². The molecule has 0 N–H and O–H groups in total. The molecule has 0 heteroatoms. The fourth-order valence-corrected chi connectivity index (χ4v) is 2.41. The monoisotopic (exact) mass is 212 g/mol. The quantitative estimate of drug-likeness (QED) is 0.432. The summed E-state index contributed by atoms with van der Waals surface area (Å²) < 4.78 is 0. The van der Waals surface area contributed by atoms with Crippen LogP contribution in [0.15, 0.2) is 0 Å². The molecule has 0 bridgehead atoms. The van der Waals surface area contributed by atoms with Gasteiger partial charge in [0.25, 0.3) is 0 Å². The van der Waals surface area contributed by atoms with Gasteiger partial charge < -0.3 is 0 Å². The average molecular weight is 212 g/mol. The molecule has 15 heavy (non-hydrogen) atoms. The summed E-state index contributed by atoms with van der Waals surface area (Å²) >= 11 is 0. The van der Waals surface area contributed by atoms with Crippen molar-refractivity contribution in [2.24, 2.45) is 17.8 Å². The lowest BCUT2D eigenvalue weighted by Crippen LogP contribution is -2.13. The van der Waals surface area contributed by atoms with Crippen molar-refractivity contribution in [3.8, 4) is 0 Å². The van der Waals surface area contributed by atoms with Crippen LogP contribution in [0.5, 0.6) is 0 Å². The van der Waals surface area contributed by atoms with Crippen molar-refractivity contribution in [2.75, 3.05) is 0 Å². The first-order valence-electron chi connectivity index (χ1n) is 7.11. The molecule has 0 radical (unpaired) electrons. The SMILES string of the molecule is CCCCCCC(CC(C)C)C(C)CC. The van der Waals surface area contributed by atoms with Crippen LogP contribution in [0, 0.1) is 17.8 Å². The van der Waals surface area contributed by atoms with Gasteiger partial charge in [0.2, 0.25) is 0 Å². The fraction of sp³-hybridized carbons (Fsp3) is 1.00. The molecule has 0 aromatic heterocycles. The Morgan fingerprint density at radius 2 is 1.53 bits per heavy atom. The molecule has 0 aliphatic heterocycles. The molecule has 0 spiro atoms. The van der Waals surface area contributed by atoms with Gasteiger partial charge in [-0.3, -0.25) is 0 Å². The van der Waals surface area contributed by atoms with E-state index >= 15 is 0 Å². The average Bonchev–Trinajstić information content (AvgIpc) is 2.21. The van der Waals surface area contributed by atoms with Crippen LogP contribution < -0.4 is 0 Å². The van der Waals surface area contributed by atoms with Gasteiger partial charge >= 0.3 is 0 Å². The number of hydrogen-bond acceptors (Lipinski definition) is 0. The van der Waals surface area contributed by atoms with E-state index in [0.29, 0.717) is 0 Å². The Kier molecular flexibility index (Phi) is 9.24. The van der Waals surface area contributed by atoms with Gasteiger partial charge in [0, 0.05) is 0 Å². The Morgan fingerprint density at radius 3 is 2.00 bits per heavy atom. The Labute approximate surface area is 97.8 Å². The molecular weight excluding hydrogens is 180 g/mol. The molecule has 2 unspecified atom stereocenters. The Balaban J connectivity index is 3.79. The van der Waals surface area contributed by atoms with E-state index < -0.39 is 0 Å². The van der Waals surface area contributed by atoms with Crippen molar-refractivity contribution in [1.82, 2.24) is 0 Å². The van der Waals surface area contributed by atoms with Gasteiger partial charge in [-0.1, -0.05) is 73.1 Å². The number of hydrogen-bond donors (Lipinski definition) is 0. The highest BCUT2D eigenvalue weighted by molar-refractivity contribution is 4.67. The largest absolute Gasteiger partial charge is 0.0654 e. The third kappa shape index (κ3) is 7.88. The first-order chi connectivity index (χ1) is 7.11. The van der Waals surface area contributed by atoms with Gasteiger partial charge in [0.05, 0.1) is 0 Å². The van der Waals surface area contributed by atoms with Gasteiger partial charge in [-0.15, -0.1) is 0 Å². The molecule has 0 rings (SSSR count). The minimum atomic E-state index is 0.871. The first-order valence-corrected chi connectivity index (χ1v) is 7.11. The minimum Gasteiger partial charge on any atom is -0.0654 e. The maximum absolute atomic E-state index is 2.44. The predicted octanol–water partition coefficient (Wildman–Crippen LogP) is 5.67. The zero-order valence-corrected chi connectivity index (χ0v) is 11.7. The smallest absolute Gasteiger partial charge is 0.0386 e. The fourth-order valence-electron chi connectivity index (χ4n) is 2.41. The number of rotatable bonds is 9. The van der Waals surface area contributed by atoms with E-state index in [2.05, 4.69) is 34.6 Å². The standard InChI is InChI=1S/C15H32/c1-6-8-9-10-11-15(12-13(3)4)14(5)7-2/h13-15H,6-12H2,1-5H3. The predicted molar refractivity (Wildman–Crippen MR) is 71.2 cm³/mol. The van der Waals surface area contributed by atoms with Crippen LogP contribution in [0.4, 0.5) is 0 Å². The Bertz CT molecular complexity index is 126. The van der Waals surface area contributed by atoms with E-state index in [4.69, 9.17) is 0 Å². The Morgan fingerprint density at radius 1 is 0.867 bits per heavy atom. The van der Waals surface area contributed by atoms with Gasteiger partial charge in [-0.25, -0.2) is 0 Å². The summed E-state index contributed by atoms with van der Waals surface area (Å²) in [6.07, 6.45) is 9.93. The summed E-state index contributed by atoms with van der Waals surface area (Å²) in [6, 6.07) is 0. The van der Waals surface area contributed by atoms with Crippen LogP contribution in [0.25, 0.3) is 0 Å². The summed E-state index contributed by atoms with van der Waals surface area (Å²) in [4.78, 5) is 0. The molecule has 0 nitrogen and oxygen atoms in total. The lowest BCUT2D eigenvalue weighted by Gasteiger charge is -2.24. The zero-order chi connectivity index (χ0) is 11.7. The van der Waals surface area contributed by atoms with Crippen LogP contribution in [0.3, 0.4) is 0 Å². The third-order valence-corrected chi connectivity index (χ3v) is 3.65. The number of unbranched alkanes of at least 4 members (excludes halogenated alkanes) is 3. The maximum atomic E-state index is 2.44. The zero-order valence-electron chi connectivity index (χ0n) is 11.7. The van der Waals surface area contributed by atoms with Gasteiger partial charge in [0.1, 0.15) is 0 Å². The molecule has 0 saturated carbocycles. The topological polar surface area (TPSA) is 0 Å². The first kappa shape index (κ1) is 15.0. The molecule has 92 valence electrons. The van der Waals surface area contributed by atoms with Crippen molar-refractivity contribution in [2.45, 2.75) is 79.6 Å². The van der Waals surface area contributed by atoms with Crippen LogP contribution in [-0.4, -0.2) is 0 Å². The highest BCUT2D eigenvalue weighted by Crippen LogP contribution is 2.28. The summed E-state index contributed by atoms with van der Waals surface area (Å²) in [5.41, 5.74) is 0. The second-order valence-corrected chi connectivity index (χ2v) is 5.62. The molecule has 0 aromatic carbocycles. The maximum Gasteiger partial charge on any atom is -0.0386 e. The molecule has 0 aromatic rings. The highest BCUT2D eigenvalue weighted by Gasteiger charge is 2.16. The minimum absolute atomic E-state index is 0.871. The normalized spacial score (nSPS) is 15.6. The second kappa shape index (κ2) is 9.24. The summed E-state index contributed by atoms with van der Waals surface area (Å²) in [5, 5.41) is 0. The lowest BCUT2D eigenvalue weighted by molar-refractivity contribution is 0.267.